The molecule has 0 saturated heterocycles. The summed E-state index contributed by atoms with van der Waals surface area (Å²) >= 11 is 0. The summed E-state index contributed by atoms with van der Waals surface area (Å²) in [5.41, 5.74) is 2.42. The summed E-state index contributed by atoms with van der Waals surface area (Å²) in [6.45, 7) is 4.72. The molecule has 0 aliphatic carbocycles. The lowest BCUT2D eigenvalue weighted by Crippen LogP contribution is -2.12. The minimum Gasteiger partial charge on any atom is -0.365 e. The molecule has 5 nitrogen and oxygen atoms in total. The maximum absolute atomic E-state index is 11.4. The largest absolute Gasteiger partial charge is 0.365 e. The van der Waals surface area contributed by atoms with Gasteiger partial charge < -0.3 is 10.6 Å². The number of benzene rings is 1. The third kappa shape index (κ3) is 4.87. The molecule has 0 bridgehead atoms. The predicted octanol–water partition coefficient (Wildman–Crippen LogP) is 3.14. The Bertz CT molecular complexity index is 578. The van der Waals surface area contributed by atoms with Gasteiger partial charge in [0.1, 0.15) is 5.82 Å². The van der Waals surface area contributed by atoms with Crippen molar-refractivity contribution < 1.29 is 4.79 Å². The van der Waals surface area contributed by atoms with E-state index in [1.54, 1.807) is 6.07 Å². The first-order valence-electron chi connectivity index (χ1n) is 7.10. The lowest BCUT2D eigenvalue weighted by molar-refractivity contribution is -0.116. The zero-order valence-electron chi connectivity index (χ0n) is 12.4. The maximum atomic E-state index is 11.4. The number of amides is 1. The van der Waals surface area contributed by atoms with Crippen LogP contribution >= 0.6 is 0 Å². The Morgan fingerprint density at radius 2 is 1.71 bits per heavy atom. The molecular weight excluding hydrogens is 264 g/mol. The molecule has 0 radical (unpaired) electrons. The van der Waals surface area contributed by atoms with Crippen LogP contribution in [0.1, 0.15) is 30.9 Å². The van der Waals surface area contributed by atoms with Gasteiger partial charge >= 0.3 is 0 Å². The van der Waals surface area contributed by atoms with Crippen molar-refractivity contribution >= 4 is 17.5 Å². The number of aryl methyl sites for hydroxylation is 1. The first-order valence-corrected chi connectivity index (χ1v) is 7.10. The smallest absolute Gasteiger partial charge is 0.225 e. The van der Waals surface area contributed by atoms with E-state index in [4.69, 9.17) is 0 Å². The van der Waals surface area contributed by atoms with Crippen LogP contribution in [0.2, 0.25) is 0 Å². The van der Waals surface area contributed by atoms with Crippen LogP contribution in [-0.2, 0) is 11.3 Å². The average molecular weight is 284 g/mol. The second-order valence-electron chi connectivity index (χ2n) is 4.94. The van der Waals surface area contributed by atoms with Gasteiger partial charge in [0.2, 0.25) is 5.91 Å². The minimum absolute atomic E-state index is 0.0350. The first-order chi connectivity index (χ1) is 10.2. The molecule has 0 spiro atoms. The van der Waals surface area contributed by atoms with Crippen molar-refractivity contribution in [2.75, 3.05) is 10.6 Å². The van der Waals surface area contributed by atoms with Gasteiger partial charge in [-0.05, 0) is 31.0 Å². The number of rotatable bonds is 6. The number of anilines is 2. The molecule has 5 heteroatoms. The summed E-state index contributed by atoms with van der Waals surface area (Å²) in [5, 5.41) is 13.9. The van der Waals surface area contributed by atoms with Crippen molar-refractivity contribution in [3.05, 3.63) is 47.5 Å². The number of carbonyl (C=O) groups is 1. The van der Waals surface area contributed by atoms with Gasteiger partial charge in [-0.1, -0.05) is 36.8 Å². The number of aromatic nitrogens is 2. The number of nitrogens with zero attached hydrogens (tertiary/aromatic N) is 2. The van der Waals surface area contributed by atoms with Gasteiger partial charge in [0.25, 0.3) is 0 Å². The maximum Gasteiger partial charge on any atom is 0.225 e. The molecule has 21 heavy (non-hydrogen) atoms. The molecule has 2 N–H and O–H groups in total. The fraction of sp³-hybridized carbons (Fsp3) is 0.312. The fourth-order valence-corrected chi connectivity index (χ4v) is 1.82. The van der Waals surface area contributed by atoms with E-state index in [1.807, 2.05) is 13.0 Å². The van der Waals surface area contributed by atoms with E-state index in [1.165, 1.54) is 11.1 Å². The molecule has 0 unspecified atom stereocenters. The van der Waals surface area contributed by atoms with E-state index in [2.05, 4.69) is 52.0 Å². The van der Waals surface area contributed by atoms with Crippen LogP contribution in [0.3, 0.4) is 0 Å². The van der Waals surface area contributed by atoms with Gasteiger partial charge in [0, 0.05) is 13.0 Å². The summed E-state index contributed by atoms with van der Waals surface area (Å²) in [4.78, 5) is 11.4. The number of hydrogen-bond acceptors (Lipinski definition) is 4. The molecule has 0 atom stereocenters. The Morgan fingerprint density at radius 1 is 1.05 bits per heavy atom. The Balaban J connectivity index is 1.87. The van der Waals surface area contributed by atoms with E-state index in [0.717, 1.165) is 6.42 Å². The average Bonchev–Trinajstić information content (AvgIpc) is 2.48. The molecule has 1 heterocycles. The Labute approximate surface area is 124 Å². The fourth-order valence-electron chi connectivity index (χ4n) is 1.82. The third-order valence-electron chi connectivity index (χ3n) is 3.00. The molecule has 0 aliphatic heterocycles. The minimum atomic E-state index is -0.0350. The van der Waals surface area contributed by atoms with Crippen molar-refractivity contribution in [3.63, 3.8) is 0 Å². The van der Waals surface area contributed by atoms with E-state index in [9.17, 15) is 4.79 Å². The van der Waals surface area contributed by atoms with Gasteiger partial charge in [-0.15, -0.1) is 10.2 Å². The molecular formula is C16H20N4O. The van der Waals surface area contributed by atoms with E-state index in [0.29, 0.717) is 24.6 Å². The van der Waals surface area contributed by atoms with Gasteiger partial charge in [-0.2, -0.15) is 0 Å². The van der Waals surface area contributed by atoms with Crippen LogP contribution in [0.15, 0.2) is 36.4 Å². The lowest BCUT2D eigenvalue weighted by atomic mass is 10.1. The molecule has 2 aromatic rings. The molecule has 0 aliphatic rings. The Kier molecular flexibility index (Phi) is 5.26. The molecule has 1 amide bonds. The molecule has 1 aromatic heterocycles. The lowest BCUT2D eigenvalue weighted by Gasteiger charge is -2.07. The molecule has 0 saturated carbocycles. The van der Waals surface area contributed by atoms with Crippen molar-refractivity contribution in [3.8, 4) is 0 Å². The first kappa shape index (κ1) is 15.0. The van der Waals surface area contributed by atoms with Crippen LogP contribution in [-0.4, -0.2) is 16.1 Å². The summed E-state index contributed by atoms with van der Waals surface area (Å²) in [6.07, 6.45) is 1.31. The van der Waals surface area contributed by atoms with Crippen LogP contribution in [0, 0.1) is 6.92 Å². The highest BCUT2D eigenvalue weighted by atomic mass is 16.1. The van der Waals surface area contributed by atoms with Crippen molar-refractivity contribution in [1.29, 1.82) is 0 Å². The van der Waals surface area contributed by atoms with Gasteiger partial charge in [0.15, 0.2) is 5.82 Å². The number of hydrogen-bond donors (Lipinski definition) is 2. The topological polar surface area (TPSA) is 66.9 Å². The highest BCUT2D eigenvalue weighted by Gasteiger charge is 2.02. The summed E-state index contributed by atoms with van der Waals surface area (Å²) in [6, 6.07) is 11.9. The number of carbonyl (C=O) groups excluding carboxylic acids is 1. The van der Waals surface area contributed by atoms with Crippen LogP contribution < -0.4 is 10.6 Å². The van der Waals surface area contributed by atoms with Gasteiger partial charge in [-0.3, -0.25) is 4.79 Å². The summed E-state index contributed by atoms with van der Waals surface area (Å²) in [5.74, 6) is 1.13. The normalized spacial score (nSPS) is 10.2. The second-order valence-corrected chi connectivity index (χ2v) is 4.94. The zero-order chi connectivity index (χ0) is 15.1. The second kappa shape index (κ2) is 7.38. The van der Waals surface area contributed by atoms with E-state index in [-0.39, 0.29) is 5.91 Å². The highest BCUT2D eigenvalue weighted by Crippen LogP contribution is 2.09. The molecule has 110 valence electrons. The standard InChI is InChI=1S/C16H20N4O/c1-3-4-16(21)18-15-10-9-14(19-20-15)17-11-13-7-5-12(2)6-8-13/h5-10H,3-4,11H2,1-2H3,(H,17,19)(H,18,20,21). The molecule has 0 fully saturated rings. The van der Waals surface area contributed by atoms with Crippen molar-refractivity contribution in [2.45, 2.75) is 33.2 Å². The SMILES string of the molecule is CCCC(=O)Nc1ccc(NCc2ccc(C)cc2)nn1. The third-order valence-corrected chi connectivity index (χ3v) is 3.00. The van der Waals surface area contributed by atoms with Crippen molar-refractivity contribution in [2.24, 2.45) is 0 Å². The predicted molar refractivity (Wildman–Crippen MR) is 84.1 cm³/mol. The van der Waals surface area contributed by atoms with Gasteiger partial charge in [-0.25, -0.2) is 0 Å². The van der Waals surface area contributed by atoms with E-state index >= 15 is 0 Å². The Morgan fingerprint density at radius 3 is 2.33 bits per heavy atom. The van der Waals surface area contributed by atoms with Gasteiger partial charge in [0.05, 0.1) is 0 Å². The monoisotopic (exact) mass is 284 g/mol. The van der Waals surface area contributed by atoms with E-state index < -0.39 is 0 Å². The number of nitrogens with one attached hydrogen (secondary N) is 2. The molecule has 2 rings (SSSR count). The summed E-state index contributed by atoms with van der Waals surface area (Å²) < 4.78 is 0. The quantitative estimate of drug-likeness (QED) is 0.855. The highest BCUT2D eigenvalue weighted by molar-refractivity contribution is 5.89. The van der Waals surface area contributed by atoms with Crippen LogP contribution in [0.5, 0.6) is 0 Å². The molecule has 1 aromatic carbocycles. The zero-order valence-corrected chi connectivity index (χ0v) is 12.4. The van der Waals surface area contributed by atoms with Crippen molar-refractivity contribution in [1.82, 2.24) is 10.2 Å². The van der Waals surface area contributed by atoms with Crippen LogP contribution in [0.25, 0.3) is 0 Å². The Hall–Kier alpha value is -2.43. The summed E-state index contributed by atoms with van der Waals surface area (Å²) in [7, 11) is 0. The van der Waals surface area contributed by atoms with Crippen LogP contribution in [0.4, 0.5) is 11.6 Å².